The van der Waals surface area contributed by atoms with Crippen molar-refractivity contribution in [1.82, 2.24) is 10.6 Å². The molecule has 0 saturated heterocycles. The molecule has 0 bridgehead atoms. The van der Waals surface area contributed by atoms with Gasteiger partial charge in [0.2, 0.25) is 10.0 Å². The number of rotatable bonds is 7. The predicted molar refractivity (Wildman–Crippen MR) is 124 cm³/mol. The Hall–Kier alpha value is -1.72. The number of nitrogens with two attached hydrogens (primary N) is 1. The van der Waals surface area contributed by atoms with Crippen molar-refractivity contribution in [1.29, 1.82) is 0 Å². The van der Waals surface area contributed by atoms with E-state index in [1.54, 1.807) is 25.2 Å². The monoisotopic (exact) mass is 532 g/mol. The van der Waals surface area contributed by atoms with Gasteiger partial charge in [-0.1, -0.05) is 30.3 Å². The Bertz CT molecular complexity index is 961. The predicted octanol–water partition coefficient (Wildman–Crippen LogP) is 2.53. The molecule has 9 heteroatoms. The number of hydrogen-bond acceptors (Lipinski definition) is 3. The number of guanidine groups is 1. The zero-order valence-corrected chi connectivity index (χ0v) is 19.3. The van der Waals surface area contributed by atoms with Gasteiger partial charge in [0.15, 0.2) is 5.96 Å². The fourth-order valence-corrected chi connectivity index (χ4v) is 3.74. The molecule has 4 N–H and O–H groups in total. The molecule has 0 spiro atoms. The van der Waals surface area contributed by atoms with E-state index >= 15 is 0 Å². The fourth-order valence-electron chi connectivity index (χ4n) is 3.23. The van der Waals surface area contributed by atoms with Gasteiger partial charge >= 0.3 is 0 Å². The van der Waals surface area contributed by atoms with Crippen LogP contribution in [0.25, 0.3) is 0 Å². The quantitative estimate of drug-likeness (QED) is 0.290. The van der Waals surface area contributed by atoms with Gasteiger partial charge in [0.05, 0.1) is 4.90 Å². The van der Waals surface area contributed by atoms with E-state index in [9.17, 15) is 12.8 Å². The molecular formula is C20H26FIN4O2S. The average Bonchev–Trinajstić information content (AvgIpc) is 3.45. The lowest BCUT2D eigenvalue weighted by Crippen LogP contribution is -2.42. The highest BCUT2D eigenvalue weighted by Gasteiger charge is 2.45. The van der Waals surface area contributed by atoms with Gasteiger partial charge in [-0.15, -0.1) is 24.0 Å². The summed E-state index contributed by atoms with van der Waals surface area (Å²) in [6.07, 6.45) is 2.60. The summed E-state index contributed by atoms with van der Waals surface area (Å²) in [5.74, 6) is 0.497. The molecule has 0 aromatic heterocycles. The van der Waals surface area contributed by atoms with Crippen molar-refractivity contribution in [2.45, 2.75) is 29.6 Å². The number of sulfonamides is 1. The van der Waals surface area contributed by atoms with Crippen molar-refractivity contribution >= 4 is 40.0 Å². The van der Waals surface area contributed by atoms with Crippen LogP contribution in [0.2, 0.25) is 0 Å². The highest BCUT2D eigenvalue weighted by Crippen LogP contribution is 2.48. The van der Waals surface area contributed by atoms with Gasteiger partial charge in [-0.3, -0.25) is 4.99 Å². The first-order valence-electron chi connectivity index (χ1n) is 9.15. The third kappa shape index (κ3) is 6.13. The summed E-state index contributed by atoms with van der Waals surface area (Å²) < 4.78 is 36.7. The lowest BCUT2D eigenvalue weighted by molar-refractivity contribution is 0.559. The van der Waals surface area contributed by atoms with E-state index in [1.807, 2.05) is 12.1 Å². The molecule has 6 nitrogen and oxygen atoms in total. The summed E-state index contributed by atoms with van der Waals surface area (Å²) in [7, 11) is -1.98. The molecule has 158 valence electrons. The van der Waals surface area contributed by atoms with Crippen LogP contribution >= 0.6 is 24.0 Å². The van der Waals surface area contributed by atoms with Crippen LogP contribution in [-0.4, -0.2) is 34.5 Å². The topological polar surface area (TPSA) is 96.6 Å². The molecule has 2 aromatic carbocycles. The maximum atomic E-state index is 14.1. The van der Waals surface area contributed by atoms with Gasteiger partial charge in [-0.2, -0.15) is 0 Å². The minimum absolute atomic E-state index is 0. The first kappa shape index (κ1) is 23.6. The SMILES string of the molecule is CN=C(NCCc1ccc(S(N)(=O)=O)cc1)NCC1(c2ccccc2F)CC1.I. The summed E-state index contributed by atoms with van der Waals surface area (Å²) in [6, 6.07) is 13.4. The minimum Gasteiger partial charge on any atom is -0.356 e. The van der Waals surface area contributed by atoms with E-state index in [4.69, 9.17) is 5.14 Å². The van der Waals surface area contributed by atoms with Gasteiger partial charge in [-0.25, -0.2) is 17.9 Å². The summed E-state index contributed by atoms with van der Waals surface area (Å²) in [5, 5.41) is 11.6. The molecule has 2 aromatic rings. The Kier molecular flexibility index (Phi) is 8.01. The molecule has 0 unspecified atom stereocenters. The second-order valence-corrected chi connectivity index (χ2v) is 8.61. The smallest absolute Gasteiger partial charge is 0.238 e. The van der Waals surface area contributed by atoms with E-state index < -0.39 is 10.0 Å². The number of hydrogen-bond donors (Lipinski definition) is 3. The van der Waals surface area contributed by atoms with E-state index in [0.29, 0.717) is 25.5 Å². The molecule has 29 heavy (non-hydrogen) atoms. The summed E-state index contributed by atoms with van der Waals surface area (Å²) in [5.41, 5.74) is 1.58. The first-order chi connectivity index (χ1) is 13.3. The van der Waals surface area contributed by atoms with Crippen molar-refractivity contribution < 1.29 is 12.8 Å². The first-order valence-corrected chi connectivity index (χ1v) is 10.7. The van der Waals surface area contributed by atoms with E-state index in [-0.39, 0.29) is 40.1 Å². The third-order valence-electron chi connectivity index (χ3n) is 5.07. The highest BCUT2D eigenvalue weighted by molar-refractivity contribution is 14.0. The number of benzene rings is 2. The van der Waals surface area contributed by atoms with Gasteiger partial charge in [0.1, 0.15) is 5.82 Å². The standard InChI is InChI=1S/C20H25FN4O2S.HI/c1-23-19(24-13-10-15-6-8-16(9-7-15)28(22,26)27)25-14-20(11-12-20)17-4-2-3-5-18(17)21;/h2-9H,10-14H2,1H3,(H2,22,26,27)(H2,23,24,25);1H. The van der Waals surface area contributed by atoms with Crippen LogP contribution in [0, 0.1) is 5.82 Å². The van der Waals surface area contributed by atoms with Crippen LogP contribution in [-0.2, 0) is 21.9 Å². The Labute approximate surface area is 188 Å². The van der Waals surface area contributed by atoms with Crippen LogP contribution in [0.3, 0.4) is 0 Å². The van der Waals surface area contributed by atoms with Gasteiger partial charge in [0, 0.05) is 25.6 Å². The number of nitrogens with one attached hydrogen (secondary N) is 2. The molecule has 0 atom stereocenters. The van der Waals surface area contributed by atoms with E-state index in [1.165, 1.54) is 18.2 Å². The van der Waals surface area contributed by atoms with Crippen LogP contribution in [0.15, 0.2) is 58.4 Å². The molecule has 0 aliphatic heterocycles. The second kappa shape index (κ2) is 9.86. The third-order valence-corrected chi connectivity index (χ3v) is 6.00. The molecular weight excluding hydrogens is 506 g/mol. The largest absolute Gasteiger partial charge is 0.356 e. The minimum atomic E-state index is -3.67. The number of halogens is 2. The molecule has 0 amide bonds. The lowest BCUT2D eigenvalue weighted by atomic mass is 9.95. The number of aliphatic imine (C=N–C) groups is 1. The molecule has 1 fully saturated rings. The summed E-state index contributed by atoms with van der Waals surface area (Å²) >= 11 is 0. The molecule has 1 aliphatic carbocycles. The molecule has 0 radical (unpaired) electrons. The van der Waals surface area contributed by atoms with Gasteiger partial charge in [0.25, 0.3) is 0 Å². The highest BCUT2D eigenvalue weighted by atomic mass is 127. The van der Waals surface area contributed by atoms with E-state index in [0.717, 1.165) is 24.0 Å². The molecule has 1 aliphatic rings. The van der Waals surface area contributed by atoms with Crippen LogP contribution in [0.4, 0.5) is 4.39 Å². The maximum Gasteiger partial charge on any atom is 0.238 e. The van der Waals surface area contributed by atoms with Crippen molar-refractivity contribution in [3.05, 3.63) is 65.5 Å². The van der Waals surface area contributed by atoms with Gasteiger partial charge in [-0.05, 0) is 48.6 Å². The molecule has 0 heterocycles. The Morgan fingerprint density at radius 1 is 1.14 bits per heavy atom. The van der Waals surface area contributed by atoms with Crippen LogP contribution < -0.4 is 15.8 Å². The van der Waals surface area contributed by atoms with Gasteiger partial charge < -0.3 is 10.6 Å². The maximum absolute atomic E-state index is 14.1. The average molecular weight is 532 g/mol. The number of primary sulfonamides is 1. The van der Waals surface area contributed by atoms with Crippen molar-refractivity contribution in [3.8, 4) is 0 Å². The Morgan fingerprint density at radius 2 is 1.79 bits per heavy atom. The molecule has 1 saturated carbocycles. The molecule has 3 rings (SSSR count). The lowest BCUT2D eigenvalue weighted by Gasteiger charge is -2.19. The summed E-state index contributed by atoms with van der Waals surface area (Å²) in [4.78, 5) is 4.32. The second-order valence-electron chi connectivity index (χ2n) is 7.05. The normalized spacial score (nSPS) is 15.3. The number of nitrogens with zero attached hydrogens (tertiary/aromatic N) is 1. The fraction of sp³-hybridized carbons (Fsp3) is 0.350. The van der Waals surface area contributed by atoms with Crippen molar-refractivity contribution in [2.75, 3.05) is 20.1 Å². The Balaban J connectivity index is 0.00000300. The summed E-state index contributed by atoms with van der Waals surface area (Å²) in [6.45, 7) is 1.25. The van der Waals surface area contributed by atoms with Crippen LogP contribution in [0.5, 0.6) is 0 Å². The van der Waals surface area contributed by atoms with Crippen molar-refractivity contribution in [3.63, 3.8) is 0 Å². The Morgan fingerprint density at radius 3 is 2.34 bits per heavy atom. The zero-order valence-electron chi connectivity index (χ0n) is 16.2. The zero-order chi connectivity index (χ0) is 20.2. The van der Waals surface area contributed by atoms with E-state index in [2.05, 4.69) is 15.6 Å². The van der Waals surface area contributed by atoms with Crippen molar-refractivity contribution in [2.24, 2.45) is 10.1 Å². The van der Waals surface area contributed by atoms with Crippen LogP contribution in [0.1, 0.15) is 24.0 Å².